The topological polar surface area (TPSA) is 97.4 Å². The van der Waals surface area contributed by atoms with Gasteiger partial charge in [0.2, 0.25) is 17.7 Å². The fourth-order valence-corrected chi connectivity index (χ4v) is 7.21. The highest BCUT2D eigenvalue weighted by Crippen LogP contribution is 2.43. The van der Waals surface area contributed by atoms with Crippen LogP contribution in [0.4, 0.5) is 0 Å². The third-order valence-electron chi connectivity index (χ3n) is 9.72. The molecule has 0 radical (unpaired) electrons. The Bertz CT molecular complexity index is 1290. The van der Waals surface area contributed by atoms with Crippen molar-refractivity contribution in [2.45, 2.75) is 63.8 Å². The van der Waals surface area contributed by atoms with Crippen LogP contribution in [0.15, 0.2) is 48.5 Å². The van der Waals surface area contributed by atoms with Crippen molar-refractivity contribution < 1.29 is 28.6 Å². The largest absolute Gasteiger partial charge is 0.496 e. The lowest BCUT2D eigenvalue weighted by Crippen LogP contribution is -2.54. The minimum absolute atomic E-state index is 0.0216. The molecular weight excluding hydrogens is 558 g/mol. The van der Waals surface area contributed by atoms with Gasteiger partial charge >= 0.3 is 0 Å². The highest BCUT2D eigenvalue weighted by atomic mass is 16.5. The molecule has 238 valence electrons. The maximum absolute atomic E-state index is 14.3. The van der Waals surface area contributed by atoms with Crippen LogP contribution in [0.1, 0.15) is 68.5 Å². The molecule has 0 bridgehead atoms. The van der Waals surface area contributed by atoms with E-state index in [2.05, 4.69) is 17.4 Å². The van der Waals surface area contributed by atoms with Gasteiger partial charge in [0, 0.05) is 45.3 Å². The first-order valence-corrected chi connectivity index (χ1v) is 16.2. The smallest absolute Gasteiger partial charge is 0.228 e. The fourth-order valence-electron chi connectivity index (χ4n) is 7.21. The minimum Gasteiger partial charge on any atom is -0.496 e. The van der Waals surface area contributed by atoms with Crippen LogP contribution in [0.25, 0.3) is 0 Å². The van der Waals surface area contributed by atoms with Gasteiger partial charge in [-0.15, -0.1) is 0 Å². The van der Waals surface area contributed by atoms with E-state index in [-0.39, 0.29) is 17.7 Å². The zero-order valence-corrected chi connectivity index (χ0v) is 26.2. The maximum atomic E-state index is 14.3. The van der Waals surface area contributed by atoms with Crippen molar-refractivity contribution in [1.82, 2.24) is 15.1 Å². The maximum Gasteiger partial charge on any atom is 0.228 e. The zero-order chi connectivity index (χ0) is 30.9. The number of piperidine rings is 2. The van der Waals surface area contributed by atoms with Crippen molar-refractivity contribution in [3.8, 4) is 11.5 Å². The molecule has 2 fully saturated rings. The predicted molar refractivity (Wildman–Crippen MR) is 167 cm³/mol. The summed E-state index contributed by atoms with van der Waals surface area (Å²) >= 11 is 0. The molecule has 0 unspecified atom stereocenters. The lowest BCUT2D eigenvalue weighted by Gasteiger charge is -2.45. The van der Waals surface area contributed by atoms with Gasteiger partial charge in [0.15, 0.2) is 0 Å². The first-order valence-electron chi connectivity index (χ1n) is 16.2. The van der Waals surface area contributed by atoms with E-state index < -0.39 is 17.4 Å². The third-order valence-corrected chi connectivity index (χ3v) is 9.72. The first kappa shape index (κ1) is 31.8. The molecule has 2 atom stereocenters. The number of hydrogen-bond acceptors (Lipinski definition) is 6. The first-order chi connectivity index (χ1) is 21.5. The number of para-hydroxylation sites is 2. The number of nitrogens with zero attached hydrogens (tertiary/aromatic N) is 2. The lowest BCUT2D eigenvalue weighted by atomic mass is 9.73. The second-order valence-corrected chi connectivity index (χ2v) is 12.3. The SMILES string of the molecule is COCCN1C(=O)CC[C@@H](C(=O)N2CCC3(CCCCc4ccccc4OCCCNC3=O)CC2)[C@@H]1c1ccccc1OC. The number of hydrogen-bond donors (Lipinski definition) is 1. The number of benzene rings is 2. The molecule has 2 aromatic rings. The Balaban J connectivity index is 1.31. The van der Waals surface area contributed by atoms with Crippen LogP contribution >= 0.6 is 0 Å². The molecule has 1 spiro atoms. The second-order valence-electron chi connectivity index (χ2n) is 12.3. The Morgan fingerprint density at radius 1 is 0.977 bits per heavy atom. The number of rotatable bonds is 6. The van der Waals surface area contributed by atoms with E-state index in [1.54, 1.807) is 19.1 Å². The summed E-state index contributed by atoms with van der Waals surface area (Å²) in [5.74, 6) is 1.37. The van der Waals surface area contributed by atoms with Crippen LogP contribution in [0.5, 0.6) is 11.5 Å². The summed E-state index contributed by atoms with van der Waals surface area (Å²) in [6.07, 6.45) is 6.45. The van der Waals surface area contributed by atoms with Crippen molar-refractivity contribution in [2.24, 2.45) is 11.3 Å². The second kappa shape index (κ2) is 14.9. The van der Waals surface area contributed by atoms with Crippen molar-refractivity contribution in [2.75, 3.05) is 53.6 Å². The number of amides is 3. The van der Waals surface area contributed by atoms with Crippen molar-refractivity contribution in [3.63, 3.8) is 0 Å². The summed E-state index contributed by atoms with van der Waals surface area (Å²) in [7, 11) is 3.23. The summed E-state index contributed by atoms with van der Waals surface area (Å²) in [6.45, 7) is 2.97. The zero-order valence-electron chi connectivity index (χ0n) is 26.2. The average Bonchev–Trinajstić information content (AvgIpc) is 3.07. The van der Waals surface area contributed by atoms with Gasteiger partial charge in [-0.3, -0.25) is 14.4 Å². The Morgan fingerprint density at radius 2 is 1.75 bits per heavy atom. The number of carbonyl (C=O) groups excluding carboxylic acids is 3. The summed E-state index contributed by atoms with van der Waals surface area (Å²) in [5, 5.41) is 3.19. The van der Waals surface area contributed by atoms with Gasteiger partial charge in [0.05, 0.1) is 37.7 Å². The van der Waals surface area contributed by atoms with Gasteiger partial charge in [-0.1, -0.05) is 42.8 Å². The number of methoxy groups -OCH3 is 2. The summed E-state index contributed by atoms with van der Waals surface area (Å²) < 4.78 is 17.0. The molecule has 9 nitrogen and oxygen atoms in total. The summed E-state index contributed by atoms with van der Waals surface area (Å²) in [5.41, 5.74) is 1.57. The molecule has 9 heteroatoms. The minimum atomic E-state index is -0.486. The van der Waals surface area contributed by atoms with Gasteiger partial charge in [0.1, 0.15) is 11.5 Å². The average molecular weight is 606 g/mol. The molecule has 3 aliphatic heterocycles. The number of fused-ring (bicyclic) bond motifs is 1. The highest BCUT2D eigenvalue weighted by molar-refractivity contribution is 5.86. The van der Waals surface area contributed by atoms with Crippen LogP contribution in [0, 0.1) is 11.3 Å². The molecule has 0 aromatic heterocycles. The quantitative estimate of drug-likeness (QED) is 0.520. The third kappa shape index (κ3) is 7.04. The molecule has 0 aliphatic carbocycles. The molecule has 3 heterocycles. The van der Waals surface area contributed by atoms with E-state index in [4.69, 9.17) is 14.2 Å². The van der Waals surface area contributed by atoms with Crippen LogP contribution in [-0.2, 0) is 25.5 Å². The summed E-state index contributed by atoms with van der Waals surface area (Å²) in [4.78, 5) is 44.8. The van der Waals surface area contributed by atoms with E-state index >= 15 is 0 Å². The Hall–Kier alpha value is -3.59. The molecule has 2 saturated heterocycles. The number of likely N-dealkylation sites (tertiary alicyclic amines) is 2. The molecular formula is C35H47N3O6. The Labute approximate surface area is 261 Å². The van der Waals surface area contributed by atoms with Crippen LogP contribution in [0.3, 0.4) is 0 Å². The Morgan fingerprint density at radius 3 is 2.55 bits per heavy atom. The van der Waals surface area contributed by atoms with Crippen molar-refractivity contribution >= 4 is 17.7 Å². The van der Waals surface area contributed by atoms with Gasteiger partial charge in [-0.2, -0.15) is 0 Å². The van der Waals surface area contributed by atoms with E-state index in [1.165, 1.54) is 5.56 Å². The van der Waals surface area contributed by atoms with Gasteiger partial charge in [-0.25, -0.2) is 0 Å². The van der Waals surface area contributed by atoms with E-state index in [0.29, 0.717) is 70.8 Å². The number of nitrogens with one attached hydrogen (secondary N) is 1. The van der Waals surface area contributed by atoms with Crippen LogP contribution in [-0.4, -0.2) is 81.1 Å². The number of carbonyl (C=O) groups is 3. The highest BCUT2D eigenvalue weighted by Gasteiger charge is 2.46. The molecule has 2 aromatic carbocycles. The molecule has 44 heavy (non-hydrogen) atoms. The van der Waals surface area contributed by atoms with Crippen molar-refractivity contribution in [1.29, 1.82) is 0 Å². The molecule has 0 saturated carbocycles. The van der Waals surface area contributed by atoms with E-state index in [9.17, 15) is 14.4 Å². The molecule has 5 rings (SSSR count). The number of ether oxygens (including phenoxy) is 3. The fraction of sp³-hybridized carbons (Fsp3) is 0.571. The van der Waals surface area contributed by atoms with E-state index in [1.807, 2.05) is 41.3 Å². The lowest BCUT2D eigenvalue weighted by molar-refractivity contribution is -0.152. The predicted octanol–water partition coefficient (Wildman–Crippen LogP) is 4.54. The van der Waals surface area contributed by atoms with E-state index in [0.717, 1.165) is 43.4 Å². The van der Waals surface area contributed by atoms with Crippen LogP contribution in [0.2, 0.25) is 0 Å². The molecule has 1 N–H and O–H groups in total. The van der Waals surface area contributed by atoms with Crippen LogP contribution < -0.4 is 14.8 Å². The van der Waals surface area contributed by atoms with Gasteiger partial charge < -0.3 is 29.3 Å². The van der Waals surface area contributed by atoms with Crippen molar-refractivity contribution in [3.05, 3.63) is 59.7 Å². The van der Waals surface area contributed by atoms with Gasteiger partial charge in [0.25, 0.3) is 0 Å². The molecule has 3 aliphatic rings. The normalized spacial score (nSPS) is 23.0. The van der Waals surface area contributed by atoms with Gasteiger partial charge in [-0.05, 0) is 62.6 Å². The molecule has 3 amide bonds. The standard InChI is InChI=1S/C35H47N3O6/c1-42-25-23-38-31(39)16-15-28(32(38)27-12-4-6-14-30(27)43-2)33(40)37-21-18-35(19-22-37)17-8-7-11-26-10-3-5-13-29(26)44-24-9-20-36-34(35)41/h3-6,10,12-14,28,32H,7-9,11,15-25H2,1-2H3,(H,36,41)/t28-,32+/m1/s1. The number of aryl methyl sites for hydroxylation is 1. The Kier molecular flexibility index (Phi) is 10.8. The summed E-state index contributed by atoms with van der Waals surface area (Å²) in [6, 6.07) is 15.4. The monoisotopic (exact) mass is 605 g/mol.